The molecule has 1 amide bonds. The van der Waals surface area contributed by atoms with Crippen molar-refractivity contribution in [1.29, 1.82) is 0 Å². The van der Waals surface area contributed by atoms with E-state index in [1.165, 1.54) is 11.1 Å². The molecule has 3 rings (SSSR count). The number of ether oxygens (including phenoxy) is 2. The third-order valence-electron chi connectivity index (χ3n) is 4.11. The lowest BCUT2D eigenvalue weighted by Gasteiger charge is -2.21. The van der Waals surface area contributed by atoms with Crippen LogP contribution in [0.1, 0.15) is 23.0 Å². The van der Waals surface area contributed by atoms with Gasteiger partial charge in [-0.25, -0.2) is 9.78 Å². The highest BCUT2D eigenvalue weighted by Crippen LogP contribution is 2.14. The Hall–Kier alpha value is -3.68. The van der Waals surface area contributed by atoms with Gasteiger partial charge in [-0.3, -0.25) is 14.5 Å². The number of rotatable bonds is 7. The zero-order valence-electron chi connectivity index (χ0n) is 16.2. The number of fused-ring (bicyclic) bond motifs is 1. The minimum atomic E-state index is -0.719. The third-order valence-corrected chi connectivity index (χ3v) is 4.11. The van der Waals surface area contributed by atoms with Crippen LogP contribution in [0.3, 0.4) is 0 Å². The number of carbonyl (C=O) groups excluding carboxylic acids is 3. The molecule has 2 heterocycles. The van der Waals surface area contributed by atoms with Gasteiger partial charge in [0.15, 0.2) is 12.3 Å². The van der Waals surface area contributed by atoms with Gasteiger partial charge in [0, 0.05) is 18.1 Å². The van der Waals surface area contributed by atoms with Gasteiger partial charge in [-0.15, -0.1) is 0 Å². The first-order valence-corrected chi connectivity index (χ1v) is 9.11. The Labute approximate surface area is 167 Å². The molecule has 29 heavy (non-hydrogen) atoms. The maximum Gasteiger partial charge on any atom is 0.359 e. The molecule has 8 heteroatoms. The van der Waals surface area contributed by atoms with Gasteiger partial charge in [0.2, 0.25) is 0 Å². The quantitative estimate of drug-likeness (QED) is 0.571. The fraction of sp³-hybridized carbons (Fsp3) is 0.238. The molecule has 0 spiro atoms. The van der Waals surface area contributed by atoms with Gasteiger partial charge in [0.05, 0.1) is 6.61 Å². The van der Waals surface area contributed by atoms with Crippen LogP contribution in [0.15, 0.2) is 54.9 Å². The molecule has 0 aliphatic heterocycles. The van der Waals surface area contributed by atoms with Crippen molar-refractivity contribution in [2.45, 2.75) is 13.8 Å². The molecule has 0 N–H and O–H groups in total. The smallest absolute Gasteiger partial charge is 0.359 e. The number of para-hydroxylation sites is 1. The summed E-state index contributed by atoms with van der Waals surface area (Å²) in [7, 11) is 0. The summed E-state index contributed by atoms with van der Waals surface area (Å²) in [4.78, 5) is 42.3. The number of nitrogens with zero attached hydrogens (tertiary/aromatic N) is 3. The van der Waals surface area contributed by atoms with E-state index in [0.29, 0.717) is 11.3 Å². The minimum absolute atomic E-state index is 0.0973. The monoisotopic (exact) mass is 395 g/mol. The Balaban J connectivity index is 1.69. The highest BCUT2D eigenvalue weighted by molar-refractivity contribution is 5.99. The highest BCUT2D eigenvalue weighted by Gasteiger charge is 2.22. The standard InChI is InChI=1S/C21H21N3O5/c1-3-28-20(26)13-24(16-7-5-4-6-8-16)19(25)14-29-21(27)17-12-23-10-9-15(2)11-18(23)22-17/h4-12H,3,13-14H2,1-2H3. The molecular weight excluding hydrogens is 374 g/mol. The number of amides is 1. The van der Waals surface area contributed by atoms with Gasteiger partial charge in [0.25, 0.3) is 5.91 Å². The van der Waals surface area contributed by atoms with E-state index in [4.69, 9.17) is 9.47 Å². The summed E-state index contributed by atoms with van der Waals surface area (Å²) in [5, 5.41) is 0. The van der Waals surface area contributed by atoms with Gasteiger partial charge in [-0.05, 0) is 43.7 Å². The number of aryl methyl sites for hydroxylation is 1. The predicted molar refractivity (Wildman–Crippen MR) is 106 cm³/mol. The molecular formula is C21H21N3O5. The number of aromatic nitrogens is 2. The van der Waals surface area contributed by atoms with Crippen molar-refractivity contribution >= 4 is 29.2 Å². The van der Waals surface area contributed by atoms with Crippen molar-refractivity contribution in [2.24, 2.45) is 0 Å². The lowest BCUT2D eigenvalue weighted by atomic mass is 10.3. The van der Waals surface area contributed by atoms with E-state index in [-0.39, 0.29) is 18.8 Å². The number of hydrogen-bond donors (Lipinski definition) is 0. The zero-order chi connectivity index (χ0) is 20.8. The first-order valence-electron chi connectivity index (χ1n) is 9.11. The lowest BCUT2D eigenvalue weighted by Crippen LogP contribution is -2.39. The summed E-state index contributed by atoms with van der Waals surface area (Å²) >= 11 is 0. The van der Waals surface area contributed by atoms with Crippen LogP contribution >= 0.6 is 0 Å². The Morgan fingerprint density at radius 1 is 1.10 bits per heavy atom. The summed E-state index contributed by atoms with van der Waals surface area (Å²) < 4.78 is 11.8. The molecule has 0 bridgehead atoms. The summed E-state index contributed by atoms with van der Waals surface area (Å²) in [6.07, 6.45) is 3.32. The normalized spacial score (nSPS) is 10.6. The summed E-state index contributed by atoms with van der Waals surface area (Å²) in [6, 6.07) is 12.4. The third kappa shape index (κ3) is 4.98. The molecule has 0 atom stereocenters. The fourth-order valence-electron chi connectivity index (χ4n) is 2.73. The molecule has 150 valence electrons. The zero-order valence-corrected chi connectivity index (χ0v) is 16.2. The van der Waals surface area contributed by atoms with Crippen molar-refractivity contribution in [3.63, 3.8) is 0 Å². The van der Waals surface area contributed by atoms with Gasteiger partial charge >= 0.3 is 11.9 Å². The number of pyridine rings is 1. The summed E-state index contributed by atoms with van der Waals surface area (Å²) in [6.45, 7) is 3.01. The first kappa shape index (κ1) is 20.1. The minimum Gasteiger partial charge on any atom is -0.465 e. The van der Waals surface area contributed by atoms with Crippen LogP contribution in [0.2, 0.25) is 0 Å². The van der Waals surface area contributed by atoms with Crippen LogP contribution in [0.25, 0.3) is 5.65 Å². The molecule has 0 radical (unpaired) electrons. The average molecular weight is 395 g/mol. The SMILES string of the molecule is CCOC(=O)CN(C(=O)COC(=O)c1cn2ccc(C)cc2n1)c1ccccc1. The highest BCUT2D eigenvalue weighted by atomic mass is 16.5. The Morgan fingerprint density at radius 3 is 2.59 bits per heavy atom. The molecule has 0 saturated carbocycles. The molecule has 3 aromatic rings. The topological polar surface area (TPSA) is 90.2 Å². The number of hydrogen-bond acceptors (Lipinski definition) is 6. The Morgan fingerprint density at radius 2 is 1.86 bits per heavy atom. The van der Waals surface area contributed by atoms with Gasteiger partial charge in [-0.1, -0.05) is 18.2 Å². The van der Waals surface area contributed by atoms with Crippen LogP contribution in [-0.4, -0.2) is 47.0 Å². The molecule has 0 fully saturated rings. The fourth-order valence-corrected chi connectivity index (χ4v) is 2.73. The van der Waals surface area contributed by atoms with E-state index in [2.05, 4.69) is 4.98 Å². The second kappa shape index (κ2) is 9.01. The molecule has 8 nitrogen and oxygen atoms in total. The van der Waals surface area contributed by atoms with Crippen molar-refractivity contribution in [2.75, 3.05) is 24.7 Å². The van der Waals surface area contributed by atoms with Crippen LogP contribution in [0.5, 0.6) is 0 Å². The summed E-state index contributed by atoms with van der Waals surface area (Å²) in [5.41, 5.74) is 2.22. The molecule has 0 aliphatic rings. The van der Waals surface area contributed by atoms with E-state index in [9.17, 15) is 14.4 Å². The molecule has 0 aliphatic carbocycles. The predicted octanol–water partition coefficient (Wildman–Crippen LogP) is 2.40. The number of carbonyl (C=O) groups is 3. The molecule has 1 aromatic carbocycles. The van der Waals surface area contributed by atoms with Gasteiger partial charge in [-0.2, -0.15) is 0 Å². The summed E-state index contributed by atoms with van der Waals surface area (Å²) in [5.74, 6) is -1.81. The molecule has 0 unspecified atom stereocenters. The van der Waals surface area contributed by atoms with Crippen LogP contribution in [-0.2, 0) is 19.1 Å². The maximum atomic E-state index is 12.7. The van der Waals surface area contributed by atoms with Gasteiger partial charge in [0.1, 0.15) is 12.2 Å². The first-order chi connectivity index (χ1) is 14.0. The van der Waals surface area contributed by atoms with E-state index >= 15 is 0 Å². The lowest BCUT2D eigenvalue weighted by molar-refractivity contribution is -0.142. The second-order valence-electron chi connectivity index (χ2n) is 6.29. The number of imidazole rings is 1. The van der Waals surface area contributed by atoms with E-state index in [1.807, 2.05) is 19.1 Å². The average Bonchev–Trinajstić information content (AvgIpc) is 3.14. The Bertz CT molecular complexity index is 1030. The molecule has 0 saturated heterocycles. The number of anilines is 1. The second-order valence-corrected chi connectivity index (χ2v) is 6.29. The van der Waals surface area contributed by atoms with Crippen molar-refractivity contribution < 1.29 is 23.9 Å². The van der Waals surface area contributed by atoms with Crippen molar-refractivity contribution in [3.8, 4) is 0 Å². The van der Waals surface area contributed by atoms with Crippen LogP contribution < -0.4 is 4.90 Å². The van der Waals surface area contributed by atoms with E-state index in [1.54, 1.807) is 47.9 Å². The largest absolute Gasteiger partial charge is 0.465 e. The number of esters is 2. The van der Waals surface area contributed by atoms with Gasteiger partial charge < -0.3 is 13.9 Å². The van der Waals surface area contributed by atoms with Crippen molar-refractivity contribution in [1.82, 2.24) is 9.38 Å². The van der Waals surface area contributed by atoms with Crippen LogP contribution in [0, 0.1) is 6.92 Å². The van der Waals surface area contributed by atoms with E-state index < -0.39 is 24.5 Å². The van der Waals surface area contributed by atoms with E-state index in [0.717, 1.165) is 5.56 Å². The molecule has 2 aromatic heterocycles. The maximum absolute atomic E-state index is 12.7. The van der Waals surface area contributed by atoms with Crippen molar-refractivity contribution in [3.05, 3.63) is 66.1 Å². The van der Waals surface area contributed by atoms with Crippen LogP contribution in [0.4, 0.5) is 5.69 Å². The number of benzene rings is 1. The Kier molecular flexibility index (Phi) is 6.23.